The fraction of sp³-hybridized carbons (Fsp3) is 0.632. The molecule has 132 valence electrons. The van der Waals surface area contributed by atoms with Gasteiger partial charge < -0.3 is 4.90 Å². The third kappa shape index (κ3) is 3.51. The molecule has 0 aliphatic heterocycles. The number of hydrogen-bond donors (Lipinski definition) is 0. The fourth-order valence-corrected chi connectivity index (χ4v) is 5.67. The Bertz CT molecular complexity index is 728. The molecule has 4 nitrogen and oxygen atoms in total. The molecule has 0 N–H and O–H groups in total. The lowest BCUT2D eigenvalue weighted by atomic mass is 9.93. The summed E-state index contributed by atoms with van der Waals surface area (Å²) in [5, 5.41) is -0.406. The number of rotatable bonds is 4. The Kier molecular flexibility index (Phi) is 4.73. The third-order valence-corrected chi connectivity index (χ3v) is 7.29. The second-order valence-electron chi connectivity index (χ2n) is 7.53. The first-order chi connectivity index (χ1) is 11.3. The SMILES string of the molecule is Cc1cccc([C@@H]2C[C@@H]2C(=O)N(C)[C@@H]2CCCC[C@@H]2S(C)(=O)=O)c1. The van der Waals surface area contributed by atoms with Crippen molar-refractivity contribution < 1.29 is 13.2 Å². The van der Waals surface area contributed by atoms with Gasteiger partial charge in [0.15, 0.2) is 9.84 Å². The Morgan fingerprint density at radius 2 is 1.92 bits per heavy atom. The van der Waals surface area contributed by atoms with Crippen molar-refractivity contribution in [2.24, 2.45) is 5.92 Å². The molecular formula is C19H27NO3S. The number of amides is 1. The number of aryl methyl sites for hydroxylation is 1. The summed E-state index contributed by atoms with van der Waals surface area (Å²) in [6.07, 6.45) is 5.59. The molecule has 2 aliphatic rings. The molecule has 3 rings (SSSR count). The largest absolute Gasteiger partial charge is 0.341 e. The first kappa shape index (κ1) is 17.5. The van der Waals surface area contributed by atoms with E-state index in [2.05, 4.69) is 25.1 Å². The maximum Gasteiger partial charge on any atom is 0.226 e. The monoisotopic (exact) mass is 349 g/mol. The van der Waals surface area contributed by atoms with Crippen molar-refractivity contribution in [1.29, 1.82) is 0 Å². The second-order valence-corrected chi connectivity index (χ2v) is 9.80. The molecule has 0 bridgehead atoms. The quantitative estimate of drug-likeness (QED) is 0.840. The van der Waals surface area contributed by atoms with Gasteiger partial charge >= 0.3 is 0 Å². The van der Waals surface area contributed by atoms with Crippen molar-refractivity contribution in [1.82, 2.24) is 4.90 Å². The Morgan fingerprint density at radius 3 is 2.58 bits per heavy atom. The van der Waals surface area contributed by atoms with Crippen molar-refractivity contribution in [2.75, 3.05) is 13.3 Å². The molecular weight excluding hydrogens is 322 g/mol. The Balaban J connectivity index is 1.71. The highest BCUT2D eigenvalue weighted by molar-refractivity contribution is 7.91. The van der Waals surface area contributed by atoms with Gasteiger partial charge in [-0.25, -0.2) is 8.42 Å². The molecule has 4 atom stereocenters. The van der Waals surface area contributed by atoms with Crippen LogP contribution in [0.5, 0.6) is 0 Å². The molecule has 2 aliphatic carbocycles. The van der Waals surface area contributed by atoms with Crippen LogP contribution in [0.4, 0.5) is 0 Å². The van der Waals surface area contributed by atoms with Gasteiger partial charge in [-0.15, -0.1) is 0 Å². The minimum atomic E-state index is -3.12. The van der Waals surface area contributed by atoms with Gasteiger partial charge in [0.25, 0.3) is 0 Å². The number of sulfone groups is 1. The first-order valence-electron chi connectivity index (χ1n) is 8.81. The van der Waals surface area contributed by atoms with E-state index in [1.807, 2.05) is 6.07 Å². The van der Waals surface area contributed by atoms with Crippen molar-refractivity contribution in [3.63, 3.8) is 0 Å². The smallest absolute Gasteiger partial charge is 0.226 e. The average molecular weight is 349 g/mol. The number of hydrogen-bond acceptors (Lipinski definition) is 3. The number of nitrogens with zero attached hydrogens (tertiary/aromatic N) is 1. The van der Waals surface area contributed by atoms with Crippen LogP contribution in [0, 0.1) is 12.8 Å². The normalized spacial score (nSPS) is 30.0. The summed E-state index contributed by atoms with van der Waals surface area (Å²) in [6, 6.07) is 8.17. The predicted molar refractivity (Wildman–Crippen MR) is 95.7 cm³/mol. The lowest BCUT2D eigenvalue weighted by Gasteiger charge is -2.37. The third-order valence-electron chi connectivity index (χ3n) is 5.64. The Labute approximate surface area is 145 Å². The molecule has 5 heteroatoms. The van der Waals surface area contributed by atoms with Gasteiger partial charge in [0.1, 0.15) is 0 Å². The van der Waals surface area contributed by atoms with E-state index in [1.165, 1.54) is 17.4 Å². The predicted octanol–water partition coefficient (Wildman–Crippen LogP) is 2.91. The van der Waals surface area contributed by atoms with Gasteiger partial charge in [-0.1, -0.05) is 42.7 Å². The Morgan fingerprint density at radius 1 is 1.21 bits per heavy atom. The van der Waals surface area contributed by atoms with Gasteiger partial charge in [-0.3, -0.25) is 4.79 Å². The van der Waals surface area contributed by atoms with Gasteiger partial charge in [0, 0.05) is 25.3 Å². The van der Waals surface area contributed by atoms with E-state index in [1.54, 1.807) is 11.9 Å². The fourth-order valence-electron chi connectivity index (χ4n) is 4.18. The Hall–Kier alpha value is -1.36. The van der Waals surface area contributed by atoms with Crippen LogP contribution < -0.4 is 0 Å². The highest BCUT2D eigenvalue weighted by Gasteiger charge is 2.47. The van der Waals surface area contributed by atoms with Crippen LogP contribution in [-0.4, -0.2) is 43.8 Å². The summed E-state index contributed by atoms with van der Waals surface area (Å²) >= 11 is 0. The van der Waals surface area contributed by atoms with E-state index in [9.17, 15) is 13.2 Å². The molecule has 24 heavy (non-hydrogen) atoms. The van der Waals surface area contributed by atoms with Crippen molar-refractivity contribution >= 4 is 15.7 Å². The summed E-state index contributed by atoms with van der Waals surface area (Å²) in [4.78, 5) is 14.6. The zero-order valence-electron chi connectivity index (χ0n) is 14.7. The van der Waals surface area contributed by atoms with Crippen LogP contribution in [0.15, 0.2) is 24.3 Å². The molecule has 2 saturated carbocycles. The standard InChI is InChI=1S/C19H27NO3S/c1-13-7-6-8-14(11-13)15-12-16(15)19(21)20(2)17-9-4-5-10-18(17)24(3,22)23/h6-8,11,15-18H,4-5,9-10,12H2,1-3H3/t15-,16-,17+,18-/m0/s1. The second kappa shape index (κ2) is 6.51. The molecule has 0 unspecified atom stereocenters. The van der Waals surface area contributed by atoms with Crippen molar-refractivity contribution in [3.8, 4) is 0 Å². The number of benzene rings is 1. The molecule has 0 radical (unpaired) electrons. The van der Waals surface area contributed by atoms with E-state index >= 15 is 0 Å². The van der Waals surface area contributed by atoms with Crippen molar-refractivity contribution in [3.05, 3.63) is 35.4 Å². The lowest BCUT2D eigenvalue weighted by Crippen LogP contribution is -2.49. The topological polar surface area (TPSA) is 54.5 Å². The summed E-state index contributed by atoms with van der Waals surface area (Å²) in [5.41, 5.74) is 2.44. The molecule has 0 spiro atoms. The zero-order chi connectivity index (χ0) is 17.5. The molecule has 1 amide bonds. The van der Waals surface area contributed by atoms with Crippen molar-refractivity contribution in [2.45, 2.75) is 56.2 Å². The lowest BCUT2D eigenvalue weighted by molar-refractivity contribution is -0.133. The van der Waals surface area contributed by atoms with Crippen LogP contribution in [-0.2, 0) is 14.6 Å². The van der Waals surface area contributed by atoms with E-state index in [-0.39, 0.29) is 17.9 Å². The maximum atomic E-state index is 12.9. The van der Waals surface area contributed by atoms with Gasteiger partial charge in [0.2, 0.25) is 5.91 Å². The molecule has 1 aromatic carbocycles. The highest BCUT2D eigenvalue weighted by atomic mass is 32.2. The van der Waals surface area contributed by atoms with Crippen LogP contribution in [0.1, 0.15) is 49.1 Å². The molecule has 2 fully saturated rings. The van der Waals surface area contributed by atoms with Crippen LogP contribution in [0.25, 0.3) is 0 Å². The van der Waals surface area contributed by atoms with Crippen LogP contribution in [0.2, 0.25) is 0 Å². The highest BCUT2D eigenvalue weighted by Crippen LogP contribution is 2.49. The molecule has 0 saturated heterocycles. The van der Waals surface area contributed by atoms with E-state index in [0.29, 0.717) is 12.3 Å². The summed E-state index contributed by atoms with van der Waals surface area (Å²) < 4.78 is 24.2. The van der Waals surface area contributed by atoms with Crippen LogP contribution in [0.3, 0.4) is 0 Å². The number of carbonyl (C=O) groups is 1. The summed E-state index contributed by atoms with van der Waals surface area (Å²) in [6.45, 7) is 2.06. The minimum Gasteiger partial charge on any atom is -0.341 e. The van der Waals surface area contributed by atoms with Crippen LogP contribution >= 0.6 is 0 Å². The van der Waals surface area contributed by atoms with Gasteiger partial charge in [-0.2, -0.15) is 0 Å². The zero-order valence-corrected chi connectivity index (χ0v) is 15.6. The van der Waals surface area contributed by atoms with Gasteiger partial charge in [0.05, 0.1) is 5.25 Å². The van der Waals surface area contributed by atoms with E-state index < -0.39 is 15.1 Å². The maximum absolute atomic E-state index is 12.9. The van der Waals surface area contributed by atoms with E-state index in [4.69, 9.17) is 0 Å². The number of carbonyl (C=O) groups excluding carboxylic acids is 1. The summed E-state index contributed by atoms with van der Waals surface area (Å²) in [7, 11) is -1.33. The molecule has 0 heterocycles. The molecule has 1 aromatic rings. The van der Waals surface area contributed by atoms with E-state index in [0.717, 1.165) is 25.7 Å². The van der Waals surface area contributed by atoms with Gasteiger partial charge in [-0.05, 0) is 37.7 Å². The average Bonchev–Trinajstić information content (AvgIpc) is 3.33. The summed E-state index contributed by atoms with van der Waals surface area (Å²) in [5.74, 6) is 0.418. The first-order valence-corrected chi connectivity index (χ1v) is 10.8. The minimum absolute atomic E-state index is 0.0129. The molecule has 0 aromatic heterocycles.